The predicted octanol–water partition coefficient (Wildman–Crippen LogP) is 2.07. The maximum atomic E-state index is 11.9. The summed E-state index contributed by atoms with van der Waals surface area (Å²) in [6, 6.07) is 12.5. The van der Waals surface area contributed by atoms with Crippen molar-refractivity contribution in [3.05, 3.63) is 72.0 Å². The van der Waals surface area contributed by atoms with E-state index in [1.54, 1.807) is 36.9 Å². The molecule has 1 N–H and O–H groups in total. The molecule has 20 heavy (non-hydrogen) atoms. The van der Waals surface area contributed by atoms with Crippen LogP contribution in [0.1, 0.15) is 10.4 Å². The Morgan fingerprint density at radius 1 is 1.10 bits per heavy atom. The lowest BCUT2D eigenvalue weighted by atomic mass is 10.2. The quantitative estimate of drug-likeness (QED) is 0.721. The minimum atomic E-state index is -0.280. The molecular formula is C15H11N3O2. The van der Waals surface area contributed by atoms with E-state index in [4.69, 9.17) is 4.42 Å². The van der Waals surface area contributed by atoms with E-state index in [-0.39, 0.29) is 5.91 Å². The molecule has 0 bridgehead atoms. The first kappa shape index (κ1) is 12.1. The molecule has 5 heteroatoms. The van der Waals surface area contributed by atoms with Crippen molar-refractivity contribution in [2.24, 2.45) is 5.10 Å². The highest BCUT2D eigenvalue weighted by atomic mass is 16.3. The molecule has 2 heterocycles. The number of benzene rings is 1. The number of nitrogens with one attached hydrogen (secondary N) is 1. The van der Waals surface area contributed by atoms with Gasteiger partial charge in [0.25, 0.3) is 5.91 Å². The van der Waals surface area contributed by atoms with Gasteiger partial charge in [0.2, 0.25) is 0 Å². The molecule has 1 amide bonds. The number of hydrogen-bond acceptors (Lipinski definition) is 4. The first-order valence-corrected chi connectivity index (χ1v) is 6.05. The van der Waals surface area contributed by atoms with E-state index in [9.17, 15) is 4.79 Å². The second kappa shape index (κ2) is 5.36. The lowest BCUT2D eigenvalue weighted by Crippen LogP contribution is -2.21. The summed E-state index contributed by atoms with van der Waals surface area (Å²) >= 11 is 0. The number of hydrogen-bond donors (Lipinski definition) is 1. The highest BCUT2D eigenvalue weighted by molar-refractivity contribution is 5.93. The Morgan fingerprint density at radius 3 is 2.75 bits per heavy atom. The van der Waals surface area contributed by atoms with Crippen molar-refractivity contribution in [2.45, 2.75) is 0 Å². The van der Waals surface area contributed by atoms with Crippen molar-refractivity contribution < 1.29 is 9.21 Å². The summed E-state index contributed by atoms with van der Waals surface area (Å²) in [5.41, 5.74) is 3.75. The molecule has 3 aromatic rings. The number of fused-ring (bicyclic) bond motifs is 1. The maximum absolute atomic E-state index is 11.9. The molecule has 0 spiro atoms. The standard InChI is InChI=1S/C15H11N3O2/c19-15(11-5-8-16-9-6-11)18-17-13-7-10-20-14-4-2-1-3-12(13)14/h1-10H,(H,18,19). The van der Waals surface area contributed by atoms with Gasteiger partial charge in [-0.15, -0.1) is 0 Å². The average Bonchev–Trinajstić information content (AvgIpc) is 2.53. The zero-order valence-electron chi connectivity index (χ0n) is 10.5. The number of aromatic nitrogens is 1. The summed E-state index contributed by atoms with van der Waals surface area (Å²) < 4.78 is 5.36. The number of nitrogens with zero attached hydrogens (tertiary/aromatic N) is 2. The molecule has 0 atom stereocenters. The van der Waals surface area contributed by atoms with Crippen LogP contribution in [0, 0.1) is 0 Å². The van der Waals surface area contributed by atoms with Crippen molar-refractivity contribution in [1.29, 1.82) is 0 Å². The van der Waals surface area contributed by atoms with Crippen molar-refractivity contribution in [3.8, 4) is 0 Å². The van der Waals surface area contributed by atoms with E-state index in [1.165, 1.54) is 0 Å². The van der Waals surface area contributed by atoms with Gasteiger partial charge in [0.05, 0.1) is 11.6 Å². The van der Waals surface area contributed by atoms with Crippen molar-refractivity contribution in [3.63, 3.8) is 0 Å². The van der Waals surface area contributed by atoms with E-state index < -0.39 is 0 Å². The molecule has 98 valence electrons. The number of rotatable bonds is 2. The van der Waals surface area contributed by atoms with Crippen LogP contribution in [0.15, 0.2) is 70.6 Å². The molecule has 5 nitrogen and oxygen atoms in total. The van der Waals surface area contributed by atoms with Crippen molar-refractivity contribution in [2.75, 3.05) is 0 Å². The minimum absolute atomic E-state index is 0.280. The molecule has 0 aliphatic heterocycles. The van der Waals surface area contributed by atoms with Crippen molar-refractivity contribution in [1.82, 2.24) is 10.4 Å². The van der Waals surface area contributed by atoms with Crippen LogP contribution in [-0.4, -0.2) is 10.9 Å². The summed E-state index contributed by atoms with van der Waals surface area (Å²) in [7, 11) is 0. The summed E-state index contributed by atoms with van der Waals surface area (Å²) in [4.78, 5) is 15.8. The number of para-hydroxylation sites is 1. The fraction of sp³-hybridized carbons (Fsp3) is 0. The fourth-order valence-corrected chi connectivity index (χ4v) is 1.82. The lowest BCUT2D eigenvalue weighted by molar-refractivity contribution is 0.0953. The minimum Gasteiger partial charge on any atom is -0.464 e. The first-order chi connectivity index (χ1) is 9.84. The Bertz CT molecular complexity index is 804. The largest absolute Gasteiger partial charge is 0.464 e. The highest BCUT2D eigenvalue weighted by Gasteiger charge is 2.03. The molecule has 0 aliphatic carbocycles. The Kier molecular flexibility index (Phi) is 3.24. The van der Waals surface area contributed by atoms with Crippen LogP contribution in [0.25, 0.3) is 11.0 Å². The van der Waals surface area contributed by atoms with E-state index in [1.807, 2.05) is 24.3 Å². The highest BCUT2D eigenvalue weighted by Crippen LogP contribution is 2.07. The van der Waals surface area contributed by atoms with Gasteiger partial charge in [-0.25, -0.2) is 5.43 Å². The molecule has 0 fully saturated rings. The molecule has 1 aromatic carbocycles. The van der Waals surface area contributed by atoms with Crippen molar-refractivity contribution >= 4 is 16.9 Å². The zero-order chi connectivity index (χ0) is 13.8. The van der Waals surface area contributed by atoms with Gasteiger partial charge in [-0.2, -0.15) is 5.10 Å². The third-order valence-electron chi connectivity index (χ3n) is 2.80. The summed E-state index contributed by atoms with van der Waals surface area (Å²) in [6.45, 7) is 0. The third-order valence-corrected chi connectivity index (χ3v) is 2.80. The third kappa shape index (κ3) is 2.42. The second-order valence-electron chi connectivity index (χ2n) is 4.09. The molecule has 2 aromatic heterocycles. The number of carbonyl (C=O) groups is 1. The van der Waals surface area contributed by atoms with Gasteiger partial charge < -0.3 is 4.42 Å². The fourth-order valence-electron chi connectivity index (χ4n) is 1.82. The molecule has 3 rings (SSSR count). The summed E-state index contributed by atoms with van der Waals surface area (Å²) in [5, 5.41) is 5.62. The van der Waals surface area contributed by atoms with Gasteiger partial charge in [-0.3, -0.25) is 9.78 Å². The predicted molar refractivity (Wildman–Crippen MR) is 73.5 cm³/mol. The van der Waals surface area contributed by atoms with Crippen LogP contribution >= 0.6 is 0 Å². The second-order valence-corrected chi connectivity index (χ2v) is 4.09. The molecule has 0 saturated heterocycles. The van der Waals surface area contributed by atoms with E-state index in [0.29, 0.717) is 16.5 Å². The number of amides is 1. The van der Waals surface area contributed by atoms with Crippen LogP contribution in [0.3, 0.4) is 0 Å². The Balaban J connectivity index is 1.94. The zero-order valence-corrected chi connectivity index (χ0v) is 10.5. The number of carbonyl (C=O) groups excluding carboxylic acids is 1. The maximum Gasteiger partial charge on any atom is 0.271 e. The van der Waals surface area contributed by atoms with Gasteiger partial charge in [0.1, 0.15) is 5.58 Å². The van der Waals surface area contributed by atoms with Crippen LogP contribution in [0.4, 0.5) is 0 Å². The normalized spacial score (nSPS) is 11.5. The smallest absolute Gasteiger partial charge is 0.271 e. The van der Waals surface area contributed by atoms with E-state index >= 15 is 0 Å². The Hall–Kier alpha value is -2.95. The molecular weight excluding hydrogens is 254 g/mol. The van der Waals surface area contributed by atoms with Crippen LogP contribution in [-0.2, 0) is 0 Å². The van der Waals surface area contributed by atoms with Gasteiger partial charge in [0.15, 0.2) is 0 Å². The molecule has 0 unspecified atom stereocenters. The molecule has 0 aliphatic rings. The van der Waals surface area contributed by atoms with Gasteiger partial charge >= 0.3 is 0 Å². The van der Waals surface area contributed by atoms with Gasteiger partial charge in [-0.05, 0) is 24.3 Å². The van der Waals surface area contributed by atoms with Crippen LogP contribution in [0.5, 0.6) is 0 Å². The van der Waals surface area contributed by atoms with Crippen LogP contribution < -0.4 is 10.8 Å². The lowest BCUT2D eigenvalue weighted by Gasteiger charge is -2.00. The van der Waals surface area contributed by atoms with E-state index in [0.717, 1.165) is 5.39 Å². The number of pyridine rings is 1. The summed E-state index contributed by atoms with van der Waals surface area (Å²) in [5.74, 6) is -0.280. The van der Waals surface area contributed by atoms with Crippen LogP contribution in [0.2, 0.25) is 0 Å². The molecule has 0 radical (unpaired) electrons. The monoisotopic (exact) mass is 265 g/mol. The van der Waals surface area contributed by atoms with E-state index in [2.05, 4.69) is 15.5 Å². The topological polar surface area (TPSA) is 67.5 Å². The molecule has 0 saturated carbocycles. The van der Waals surface area contributed by atoms with Gasteiger partial charge in [-0.1, -0.05) is 12.1 Å². The van der Waals surface area contributed by atoms with Gasteiger partial charge in [0, 0.05) is 29.4 Å². The average molecular weight is 265 g/mol. The Morgan fingerprint density at radius 2 is 1.90 bits per heavy atom. The summed E-state index contributed by atoms with van der Waals surface area (Å²) in [6.07, 6.45) is 4.66. The SMILES string of the molecule is O=C(NN=c1ccoc2ccccc12)c1ccncc1. The first-order valence-electron chi connectivity index (χ1n) is 6.05. The Labute approximate surface area is 114 Å².